The predicted molar refractivity (Wildman–Crippen MR) is 70.3 cm³/mol. The smallest absolute Gasteiger partial charge is 0.246 e. The van der Waals surface area contributed by atoms with Crippen LogP contribution >= 0.6 is 15.9 Å². The van der Waals surface area contributed by atoms with E-state index in [9.17, 15) is 14.3 Å². The number of aliphatic hydroxyl groups excluding tert-OH is 1. The van der Waals surface area contributed by atoms with Crippen molar-refractivity contribution in [2.45, 2.75) is 12.5 Å². The highest BCUT2D eigenvalue weighted by Gasteiger charge is 2.22. The standard InChI is InChI=1S/C13H13BrFNO2/c14-10-2-3-12(15)9(7-10)1-4-13(18)16-6-5-11(17)8-16/h1-4,7,11,17H,5-6,8H2/b4-1+/t11-/m1/s1. The fourth-order valence-electron chi connectivity index (χ4n) is 1.85. The lowest BCUT2D eigenvalue weighted by Crippen LogP contribution is -2.27. The number of halogens is 2. The lowest BCUT2D eigenvalue weighted by atomic mass is 10.2. The molecule has 18 heavy (non-hydrogen) atoms. The van der Waals surface area contributed by atoms with Gasteiger partial charge in [0, 0.05) is 29.2 Å². The van der Waals surface area contributed by atoms with E-state index in [2.05, 4.69) is 15.9 Å². The number of rotatable bonds is 2. The summed E-state index contributed by atoms with van der Waals surface area (Å²) in [4.78, 5) is 13.3. The van der Waals surface area contributed by atoms with Gasteiger partial charge in [0.2, 0.25) is 5.91 Å². The lowest BCUT2D eigenvalue weighted by molar-refractivity contribution is -0.125. The molecule has 0 spiro atoms. The van der Waals surface area contributed by atoms with E-state index in [4.69, 9.17) is 0 Å². The van der Waals surface area contributed by atoms with Gasteiger partial charge in [-0.3, -0.25) is 4.79 Å². The Morgan fingerprint density at radius 1 is 1.56 bits per heavy atom. The Morgan fingerprint density at radius 2 is 2.33 bits per heavy atom. The Hall–Kier alpha value is -1.20. The molecule has 1 saturated heterocycles. The molecule has 1 aliphatic rings. The third kappa shape index (κ3) is 3.17. The first kappa shape index (κ1) is 13.2. The van der Waals surface area contributed by atoms with Gasteiger partial charge in [-0.15, -0.1) is 0 Å². The largest absolute Gasteiger partial charge is 0.391 e. The van der Waals surface area contributed by atoms with Crippen LogP contribution in [0.3, 0.4) is 0 Å². The van der Waals surface area contributed by atoms with Crippen molar-refractivity contribution >= 4 is 27.9 Å². The van der Waals surface area contributed by atoms with Crippen molar-refractivity contribution in [3.05, 3.63) is 40.1 Å². The maximum atomic E-state index is 13.4. The average Bonchev–Trinajstić information content (AvgIpc) is 2.77. The van der Waals surface area contributed by atoms with Crippen molar-refractivity contribution in [1.82, 2.24) is 4.90 Å². The van der Waals surface area contributed by atoms with Gasteiger partial charge < -0.3 is 10.0 Å². The molecule has 0 aromatic heterocycles. The molecule has 0 saturated carbocycles. The van der Waals surface area contributed by atoms with E-state index >= 15 is 0 Å². The molecule has 1 heterocycles. The number of carbonyl (C=O) groups excluding carboxylic acids is 1. The van der Waals surface area contributed by atoms with Gasteiger partial charge in [0.1, 0.15) is 5.82 Å². The van der Waals surface area contributed by atoms with Crippen molar-refractivity contribution in [3.63, 3.8) is 0 Å². The molecule has 0 radical (unpaired) electrons. The molecule has 1 aliphatic heterocycles. The van der Waals surface area contributed by atoms with Crippen LogP contribution in [0.15, 0.2) is 28.7 Å². The molecule has 1 atom stereocenters. The molecule has 0 unspecified atom stereocenters. The molecule has 96 valence electrons. The maximum absolute atomic E-state index is 13.4. The van der Waals surface area contributed by atoms with Crippen LogP contribution in [0.25, 0.3) is 6.08 Å². The molecule has 3 nitrogen and oxygen atoms in total. The van der Waals surface area contributed by atoms with Gasteiger partial charge in [-0.25, -0.2) is 4.39 Å². The van der Waals surface area contributed by atoms with E-state index in [0.29, 0.717) is 25.1 Å². The zero-order chi connectivity index (χ0) is 13.1. The van der Waals surface area contributed by atoms with Crippen LogP contribution in [0.1, 0.15) is 12.0 Å². The van der Waals surface area contributed by atoms with Crippen LogP contribution in [-0.4, -0.2) is 35.1 Å². The second kappa shape index (κ2) is 5.63. The van der Waals surface area contributed by atoms with Gasteiger partial charge in [0.15, 0.2) is 0 Å². The topological polar surface area (TPSA) is 40.5 Å². The monoisotopic (exact) mass is 313 g/mol. The Morgan fingerprint density at radius 3 is 3.00 bits per heavy atom. The van der Waals surface area contributed by atoms with E-state index in [0.717, 1.165) is 4.47 Å². The first-order valence-electron chi connectivity index (χ1n) is 5.66. The van der Waals surface area contributed by atoms with Crippen molar-refractivity contribution in [1.29, 1.82) is 0 Å². The number of aliphatic hydroxyl groups is 1. The highest BCUT2D eigenvalue weighted by molar-refractivity contribution is 9.10. The normalized spacial score (nSPS) is 19.7. The zero-order valence-electron chi connectivity index (χ0n) is 9.64. The lowest BCUT2D eigenvalue weighted by Gasteiger charge is -2.12. The van der Waals surface area contributed by atoms with Crippen molar-refractivity contribution in [2.24, 2.45) is 0 Å². The molecule has 1 N–H and O–H groups in total. The third-order valence-electron chi connectivity index (χ3n) is 2.84. The Balaban J connectivity index is 2.06. The van der Waals surface area contributed by atoms with Gasteiger partial charge in [0.05, 0.1) is 6.10 Å². The minimum absolute atomic E-state index is 0.203. The van der Waals surface area contributed by atoms with Gasteiger partial charge in [-0.05, 0) is 30.7 Å². The fourth-order valence-corrected chi connectivity index (χ4v) is 2.23. The van der Waals surface area contributed by atoms with E-state index in [1.807, 2.05) is 0 Å². The van der Waals surface area contributed by atoms with Crippen molar-refractivity contribution in [3.8, 4) is 0 Å². The Kier molecular flexibility index (Phi) is 4.14. The third-order valence-corrected chi connectivity index (χ3v) is 3.33. The highest BCUT2D eigenvalue weighted by Crippen LogP contribution is 2.17. The van der Waals surface area contributed by atoms with Crippen LogP contribution in [0.2, 0.25) is 0 Å². The number of hydrogen-bond acceptors (Lipinski definition) is 2. The summed E-state index contributed by atoms with van der Waals surface area (Å²) in [6, 6.07) is 4.55. The van der Waals surface area contributed by atoms with E-state index < -0.39 is 6.10 Å². The molecule has 1 amide bonds. The van der Waals surface area contributed by atoms with E-state index in [1.165, 1.54) is 18.2 Å². The fraction of sp³-hybridized carbons (Fsp3) is 0.308. The molecule has 2 rings (SSSR count). The summed E-state index contributed by atoms with van der Waals surface area (Å²) in [6.07, 6.45) is 2.95. The summed E-state index contributed by atoms with van der Waals surface area (Å²) < 4.78 is 14.2. The molecular formula is C13H13BrFNO2. The molecule has 0 bridgehead atoms. The second-order valence-corrected chi connectivity index (χ2v) is 5.14. The van der Waals surface area contributed by atoms with Gasteiger partial charge in [-0.1, -0.05) is 15.9 Å². The molecule has 1 fully saturated rings. The number of hydrogen-bond donors (Lipinski definition) is 1. The zero-order valence-corrected chi connectivity index (χ0v) is 11.2. The quantitative estimate of drug-likeness (QED) is 0.850. The van der Waals surface area contributed by atoms with Crippen molar-refractivity contribution in [2.75, 3.05) is 13.1 Å². The minimum Gasteiger partial charge on any atom is -0.391 e. The van der Waals surface area contributed by atoms with E-state index in [-0.39, 0.29) is 11.7 Å². The predicted octanol–water partition coefficient (Wildman–Crippen LogP) is 2.19. The van der Waals surface area contributed by atoms with Crippen LogP contribution in [0, 0.1) is 5.82 Å². The van der Waals surface area contributed by atoms with Crippen molar-refractivity contribution < 1.29 is 14.3 Å². The second-order valence-electron chi connectivity index (χ2n) is 4.23. The first-order valence-corrected chi connectivity index (χ1v) is 6.45. The number of benzene rings is 1. The number of amides is 1. The molecule has 0 aliphatic carbocycles. The molecule has 5 heteroatoms. The maximum Gasteiger partial charge on any atom is 0.246 e. The average molecular weight is 314 g/mol. The molecule has 1 aromatic carbocycles. The summed E-state index contributed by atoms with van der Waals surface area (Å²) in [6.45, 7) is 0.898. The number of likely N-dealkylation sites (tertiary alicyclic amines) is 1. The van der Waals surface area contributed by atoms with Crippen LogP contribution in [0.5, 0.6) is 0 Å². The number of β-amino-alcohol motifs (C(OH)–C–C–N with tert-alkyl or cyclic N) is 1. The first-order chi connectivity index (χ1) is 8.56. The summed E-state index contributed by atoms with van der Waals surface area (Å²) in [7, 11) is 0. The van der Waals surface area contributed by atoms with Gasteiger partial charge >= 0.3 is 0 Å². The summed E-state index contributed by atoms with van der Waals surface area (Å²) in [5.74, 6) is -0.574. The van der Waals surface area contributed by atoms with Crippen LogP contribution in [0.4, 0.5) is 4.39 Å². The summed E-state index contributed by atoms with van der Waals surface area (Å²) >= 11 is 3.25. The summed E-state index contributed by atoms with van der Waals surface area (Å²) in [5.41, 5.74) is 0.359. The Bertz CT molecular complexity index is 490. The molecule has 1 aromatic rings. The highest BCUT2D eigenvalue weighted by atomic mass is 79.9. The molecular weight excluding hydrogens is 301 g/mol. The Labute approximate surface area is 113 Å². The van der Waals surface area contributed by atoms with Gasteiger partial charge in [-0.2, -0.15) is 0 Å². The summed E-state index contributed by atoms with van der Waals surface area (Å²) in [5, 5.41) is 9.33. The number of carbonyl (C=O) groups is 1. The van der Waals surface area contributed by atoms with Gasteiger partial charge in [0.25, 0.3) is 0 Å². The SMILES string of the molecule is O=C(/C=C/c1cc(Br)ccc1F)N1CC[C@@H](O)C1. The van der Waals surface area contributed by atoms with Crippen LogP contribution < -0.4 is 0 Å². The van der Waals surface area contributed by atoms with E-state index in [1.54, 1.807) is 17.0 Å². The number of nitrogens with zero attached hydrogens (tertiary/aromatic N) is 1. The minimum atomic E-state index is -0.440. The van der Waals surface area contributed by atoms with Crippen LogP contribution in [-0.2, 0) is 4.79 Å².